The first-order chi connectivity index (χ1) is 23.1. The number of hydrogen-bond acceptors (Lipinski definition) is 16. The van der Waals surface area contributed by atoms with E-state index in [0.29, 0.717) is 25.0 Å². The van der Waals surface area contributed by atoms with Gasteiger partial charge in [0.25, 0.3) is 11.1 Å². The minimum atomic E-state index is -1.27. The molecule has 6 rings (SSSR count). The van der Waals surface area contributed by atoms with Crippen molar-refractivity contribution in [2.24, 2.45) is 0 Å². The van der Waals surface area contributed by atoms with E-state index < -0.39 is 73.4 Å². The predicted molar refractivity (Wildman–Crippen MR) is 169 cm³/mol. The highest BCUT2D eigenvalue weighted by Crippen LogP contribution is 2.32. The number of unbranched alkanes of at least 4 members (excludes halogenated alkanes) is 2. The van der Waals surface area contributed by atoms with Gasteiger partial charge >= 0.3 is 0 Å². The highest BCUT2D eigenvalue weighted by atomic mass is 16.6. The smallest absolute Gasteiger partial charge is 0.280 e. The first-order valence-corrected chi connectivity index (χ1v) is 15.8. The number of nitrogens with one attached hydrogen (secondary N) is 4. The molecule has 6 heterocycles. The number of H-pyrrole nitrogens is 2. The Morgan fingerprint density at radius 3 is 1.44 bits per heavy atom. The van der Waals surface area contributed by atoms with E-state index in [4.69, 9.17) is 9.47 Å². The summed E-state index contributed by atoms with van der Waals surface area (Å²) in [5.74, 6) is 0.601. The van der Waals surface area contributed by atoms with Crippen LogP contribution in [0.5, 0.6) is 0 Å². The van der Waals surface area contributed by atoms with Crippen molar-refractivity contribution in [2.45, 2.75) is 88.6 Å². The standard InChI is InChI=1S/2C14H21N5O5/c2*1-2-3-4-15-14-17-11-8(12(23)18-14)16-6-19(11)13-10(22)9(21)7(5-20)24-13/h2*6-7,9-10,13,20-22H,2-5H2,1H3,(H2,15,17,18,23)/t2*7-,9+,10?,13-/m11/s1. The van der Waals surface area contributed by atoms with Crippen LogP contribution in [0, 0.1) is 0 Å². The lowest BCUT2D eigenvalue weighted by molar-refractivity contribution is -0.0511. The number of anilines is 2. The van der Waals surface area contributed by atoms with Gasteiger partial charge in [0.1, 0.15) is 36.6 Å². The Kier molecular flexibility index (Phi) is 11.4. The maximum atomic E-state index is 12.1. The lowest BCUT2D eigenvalue weighted by atomic mass is 10.1. The maximum absolute atomic E-state index is 12.1. The summed E-state index contributed by atoms with van der Waals surface area (Å²) in [5.41, 5.74) is -0.156. The molecule has 264 valence electrons. The average molecular weight is 679 g/mol. The van der Waals surface area contributed by atoms with Crippen LogP contribution in [0.25, 0.3) is 22.3 Å². The van der Waals surface area contributed by atoms with Crippen LogP contribution >= 0.6 is 0 Å². The van der Waals surface area contributed by atoms with Crippen molar-refractivity contribution in [1.82, 2.24) is 39.0 Å². The van der Waals surface area contributed by atoms with E-state index >= 15 is 0 Å². The molecule has 0 aliphatic carbocycles. The quantitative estimate of drug-likeness (QED) is 0.0717. The topological polar surface area (TPSA) is 291 Å². The number of aromatic amines is 2. The SMILES string of the molecule is CCCCNc1nc2c(ncn2[C@@H]2O[C@H](CO)[C@H](O)C2O)c(=O)[nH]1.CCCCNc1nc2c(ncn2[C@@H]2O[C@H](CO)[C@H](O)C2O)c(=O)[nH]1. The zero-order valence-corrected chi connectivity index (χ0v) is 26.4. The molecule has 8 atom stereocenters. The van der Waals surface area contributed by atoms with E-state index in [-0.39, 0.29) is 22.3 Å². The number of nitrogens with zero attached hydrogens (tertiary/aromatic N) is 6. The van der Waals surface area contributed by atoms with Gasteiger partial charge in [-0.05, 0) is 12.8 Å². The minimum absolute atomic E-state index is 0.105. The molecular formula is C28H42N10O10. The van der Waals surface area contributed by atoms with Gasteiger partial charge in [-0.25, -0.2) is 9.97 Å². The summed E-state index contributed by atoms with van der Waals surface area (Å²) in [6, 6.07) is 0. The molecule has 4 aromatic heterocycles. The molecule has 0 saturated carbocycles. The van der Waals surface area contributed by atoms with E-state index in [2.05, 4.69) is 54.4 Å². The fourth-order valence-electron chi connectivity index (χ4n) is 5.38. The molecule has 0 bridgehead atoms. The van der Waals surface area contributed by atoms with Crippen LogP contribution in [0.1, 0.15) is 52.0 Å². The summed E-state index contributed by atoms with van der Waals surface area (Å²) in [4.78, 5) is 46.1. The maximum Gasteiger partial charge on any atom is 0.280 e. The predicted octanol–water partition coefficient (Wildman–Crippen LogP) is -2.11. The number of aromatic nitrogens is 8. The molecule has 2 fully saturated rings. The van der Waals surface area contributed by atoms with Crippen LogP contribution < -0.4 is 21.8 Å². The van der Waals surface area contributed by atoms with Gasteiger partial charge in [-0.3, -0.25) is 28.7 Å². The Labute approximate surface area is 272 Å². The number of ether oxygens (including phenoxy) is 2. The molecule has 0 radical (unpaired) electrons. The van der Waals surface area contributed by atoms with Crippen LogP contribution in [-0.2, 0) is 9.47 Å². The first-order valence-electron chi connectivity index (χ1n) is 15.8. The lowest BCUT2D eigenvalue weighted by Crippen LogP contribution is -2.33. The molecule has 0 spiro atoms. The molecule has 10 N–H and O–H groups in total. The normalized spacial score (nSPS) is 27.0. The van der Waals surface area contributed by atoms with Crippen molar-refractivity contribution in [3.63, 3.8) is 0 Å². The zero-order chi connectivity index (χ0) is 34.5. The van der Waals surface area contributed by atoms with E-state index in [9.17, 15) is 40.2 Å². The molecule has 0 amide bonds. The molecule has 2 saturated heterocycles. The van der Waals surface area contributed by atoms with Gasteiger partial charge in [0.2, 0.25) is 11.9 Å². The molecule has 0 aromatic carbocycles. The Balaban J connectivity index is 0.000000188. The van der Waals surface area contributed by atoms with E-state index in [1.54, 1.807) is 0 Å². The molecule has 4 aromatic rings. The number of aliphatic hydroxyl groups is 6. The Hall–Kier alpha value is -4.02. The van der Waals surface area contributed by atoms with Crippen molar-refractivity contribution < 1.29 is 40.1 Å². The summed E-state index contributed by atoms with van der Waals surface area (Å²) in [5, 5.41) is 64.5. The molecule has 2 aliphatic heterocycles. The van der Waals surface area contributed by atoms with Gasteiger partial charge in [-0.1, -0.05) is 26.7 Å². The number of rotatable bonds is 12. The molecule has 2 unspecified atom stereocenters. The fraction of sp³-hybridized carbons (Fsp3) is 0.643. The van der Waals surface area contributed by atoms with E-state index in [1.807, 2.05) is 0 Å². The number of imidazole rings is 2. The molecule has 20 heteroatoms. The van der Waals surface area contributed by atoms with Gasteiger partial charge in [0.15, 0.2) is 34.8 Å². The van der Waals surface area contributed by atoms with Crippen LogP contribution in [0.2, 0.25) is 0 Å². The summed E-state index contributed by atoms with van der Waals surface area (Å²) in [7, 11) is 0. The highest BCUT2D eigenvalue weighted by Gasteiger charge is 2.45. The van der Waals surface area contributed by atoms with Gasteiger partial charge in [0.05, 0.1) is 25.9 Å². The third kappa shape index (κ3) is 7.05. The third-order valence-corrected chi connectivity index (χ3v) is 8.09. The van der Waals surface area contributed by atoms with Crippen molar-refractivity contribution in [2.75, 3.05) is 36.9 Å². The van der Waals surface area contributed by atoms with Crippen molar-refractivity contribution in [1.29, 1.82) is 0 Å². The van der Waals surface area contributed by atoms with E-state index in [1.165, 1.54) is 21.8 Å². The number of hydrogen-bond donors (Lipinski definition) is 10. The van der Waals surface area contributed by atoms with Crippen LogP contribution in [-0.4, -0.2) is 133 Å². The van der Waals surface area contributed by atoms with Gasteiger partial charge < -0.3 is 50.7 Å². The van der Waals surface area contributed by atoms with Crippen LogP contribution in [0.15, 0.2) is 22.2 Å². The summed E-state index contributed by atoms with van der Waals surface area (Å²) >= 11 is 0. The van der Waals surface area contributed by atoms with Crippen molar-refractivity contribution in [3.05, 3.63) is 33.4 Å². The Morgan fingerprint density at radius 1 is 0.708 bits per heavy atom. The number of fused-ring (bicyclic) bond motifs is 2. The second-order valence-corrected chi connectivity index (χ2v) is 11.5. The van der Waals surface area contributed by atoms with Gasteiger partial charge in [-0.2, -0.15) is 9.97 Å². The van der Waals surface area contributed by atoms with Crippen molar-refractivity contribution >= 4 is 34.2 Å². The Bertz CT molecular complexity index is 1650. The average Bonchev–Trinajstić information content (AvgIpc) is 3.83. The first kappa shape index (κ1) is 35.3. The van der Waals surface area contributed by atoms with E-state index in [0.717, 1.165) is 25.7 Å². The largest absolute Gasteiger partial charge is 0.394 e. The van der Waals surface area contributed by atoms with Gasteiger partial charge in [0, 0.05) is 13.1 Å². The summed E-state index contributed by atoms with van der Waals surface area (Å²) < 4.78 is 13.7. The van der Waals surface area contributed by atoms with Crippen molar-refractivity contribution in [3.8, 4) is 0 Å². The molecule has 20 nitrogen and oxygen atoms in total. The second kappa shape index (κ2) is 15.5. The highest BCUT2D eigenvalue weighted by molar-refractivity contribution is 5.71. The molecule has 48 heavy (non-hydrogen) atoms. The third-order valence-electron chi connectivity index (χ3n) is 8.09. The van der Waals surface area contributed by atoms with Crippen LogP contribution in [0.3, 0.4) is 0 Å². The Morgan fingerprint density at radius 2 is 1.10 bits per heavy atom. The molecular weight excluding hydrogens is 636 g/mol. The summed E-state index contributed by atoms with van der Waals surface area (Å²) in [6.45, 7) is 4.56. The molecule has 2 aliphatic rings. The number of aliphatic hydroxyl groups excluding tert-OH is 6. The fourth-order valence-corrected chi connectivity index (χ4v) is 5.38. The minimum Gasteiger partial charge on any atom is -0.394 e. The monoisotopic (exact) mass is 678 g/mol. The van der Waals surface area contributed by atoms with Crippen LogP contribution in [0.4, 0.5) is 11.9 Å². The lowest BCUT2D eigenvalue weighted by Gasteiger charge is -2.16. The summed E-state index contributed by atoms with van der Waals surface area (Å²) in [6.07, 6.45) is -2.30. The van der Waals surface area contributed by atoms with Gasteiger partial charge in [-0.15, -0.1) is 0 Å². The second-order valence-electron chi connectivity index (χ2n) is 11.5. The zero-order valence-electron chi connectivity index (χ0n) is 26.4.